The monoisotopic (exact) mass is 452 g/mol. The minimum absolute atomic E-state index is 0.0827. The molecule has 0 aliphatic carbocycles. The van der Waals surface area contributed by atoms with Crippen LogP contribution in [0.1, 0.15) is 15.9 Å². The Hall–Kier alpha value is -3.20. The maximum Gasteiger partial charge on any atom is 0.255 e. The molecule has 1 aliphatic rings. The number of nitrogens with one attached hydrogen (secondary N) is 1. The molecule has 1 N–H and O–H groups in total. The molecule has 4 rings (SSSR count). The van der Waals surface area contributed by atoms with Crippen molar-refractivity contribution in [3.8, 4) is 11.5 Å². The van der Waals surface area contributed by atoms with Crippen LogP contribution in [0.2, 0.25) is 0 Å². The number of para-hydroxylation sites is 1. The third-order valence-corrected chi connectivity index (χ3v) is 6.95. The van der Waals surface area contributed by atoms with Gasteiger partial charge in [-0.25, -0.2) is 8.42 Å². The van der Waals surface area contributed by atoms with E-state index >= 15 is 0 Å². The molecule has 1 amide bonds. The van der Waals surface area contributed by atoms with Crippen molar-refractivity contribution in [1.29, 1.82) is 0 Å². The highest BCUT2D eigenvalue weighted by atomic mass is 32.2. The number of ether oxygens (including phenoxy) is 2. The molecule has 0 radical (unpaired) electrons. The number of rotatable bonds is 6. The average molecular weight is 453 g/mol. The van der Waals surface area contributed by atoms with E-state index in [0.29, 0.717) is 30.3 Å². The van der Waals surface area contributed by atoms with E-state index in [4.69, 9.17) is 9.47 Å². The van der Waals surface area contributed by atoms with E-state index in [1.165, 1.54) is 16.4 Å². The predicted octanol–water partition coefficient (Wildman–Crippen LogP) is 4.06. The summed E-state index contributed by atoms with van der Waals surface area (Å²) in [6.45, 7) is 3.18. The molecular formula is C24H24N2O5S. The van der Waals surface area contributed by atoms with Crippen molar-refractivity contribution >= 4 is 21.6 Å². The van der Waals surface area contributed by atoms with Crippen molar-refractivity contribution in [1.82, 2.24) is 4.31 Å². The van der Waals surface area contributed by atoms with Gasteiger partial charge in [-0.15, -0.1) is 0 Å². The van der Waals surface area contributed by atoms with Crippen LogP contribution in [0, 0.1) is 6.92 Å². The lowest BCUT2D eigenvalue weighted by molar-refractivity contribution is 0.0730. The second-order valence-corrected chi connectivity index (χ2v) is 9.35. The van der Waals surface area contributed by atoms with E-state index in [9.17, 15) is 13.2 Å². The van der Waals surface area contributed by atoms with Crippen LogP contribution < -0.4 is 10.1 Å². The molecule has 1 fully saturated rings. The minimum atomic E-state index is -3.73. The molecule has 3 aromatic rings. The summed E-state index contributed by atoms with van der Waals surface area (Å²) in [5.41, 5.74) is 1.69. The van der Waals surface area contributed by atoms with Gasteiger partial charge >= 0.3 is 0 Å². The van der Waals surface area contributed by atoms with E-state index in [2.05, 4.69) is 5.32 Å². The van der Waals surface area contributed by atoms with Gasteiger partial charge in [-0.3, -0.25) is 4.79 Å². The summed E-state index contributed by atoms with van der Waals surface area (Å²) in [4.78, 5) is 13.0. The molecule has 7 nitrogen and oxygen atoms in total. The smallest absolute Gasteiger partial charge is 0.255 e. The number of sulfonamides is 1. The standard InChI is InChI=1S/C24H24N2O5S/c1-18-6-5-7-19(16-18)24(27)25-22-17-21(32(28,29)26-12-14-30-15-13-26)10-11-23(22)31-20-8-3-2-4-9-20/h2-11,16-17H,12-15H2,1H3,(H,25,27). The zero-order valence-corrected chi connectivity index (χ0v) is 18.5. The van der Waals surface area contributed by atoms with Gasteiger partial charge in [0.15, 0.2) is 5.75 Å². The lowest BCUT2D eigenvalue weighted by Crippen LogP contribution is -2.40. The van der Waals surface area contributed by atoms with Gasteiger partial charge in [0, 0.05) is 18.7 Å². The Balaban J connectivity index is 1.69. The Bertz CT molecular complexity index is 1210. The third kappa shape index (κ3) is 4.99. The van der Waals surface area contributed by atoms with Gasteiger partial charge in [0.1, 0.15) is 5.75 Å². The Morgan fingerprint density at radius 3 is 2.44 bits per heavy atom. The van der Waals surface area contributed by atoms with Crippen LogP contribution in [0.25, 0.3) is 0 Å². The van der Waals surface area contributed by atoms with Gasteiger partial charge in [0.2, 0.25) is 10.0 Å². The van der Waals surface area contributed by atoms with Gasteiger partial charge in [-0.05, 0) is 49.4 Å². The Labute approximate surface area is 187 Å². The molecule has 166 valence electrons. The minimum Gasteiger partial charge on any atom is -0.455 e. The van der Waals surface area contributed by atoms with Crippen molar-refractivity contribution in [2.75, 3.05) is 31.6 Å². The number of carbonyl (C=O) groups excluding carboxylic acids is 1. The number of hydrogen-bond acceptors (Lipinski definition) is 5. The van der Waals surface area contributed by atoms with E-state index in [-0.39, 0.29) is 29.6 Å². The van der Waals surface area contributed by atoms with E-state index in [1.54, 1.807) is 36.4 Å². The van der Waals surface area contributed by atoms with Crippen LogP contribution >= 0.6 is 0 Å². The molecule has 0 spiro atoms. The number of hydrogen-bond donors (Lipinski definition) is 1. The number of amides is 1. The molecule has 1 saturated heterocycles. The van der Waals surface area contributed by atoms with E-state index in [1.807, 2.05) is 31.2 Å². The first-order valence-corrected chi connectivity index (χ1v) is 11.7. The third-order valence-electron chi connectivity index (χ3n) is 5.06. The van der Waals surface area contributed by atoms with Crippen LogP contribution in [0.5, 0.6) is 11.5 Å². The summed E-state index contributed by atoms with van der Waals surface area (Å²) in [7, 11) is -3.73. The number of aryl methyl sites for hydroxylation is 1. The summed E-state index contributed by atoms with van der Waals surface area (Å²) < 4.78 is 38.8. The highest BCUT2D eigenvalue weighted by molar-refractivity contribution is 7.89. The molecule has 0 saturated carbocycles. The maximum atomic E-state index is 13.1. The highest BCUT2D eigenvalue weighted by Crippen LogP contribution is 2.33. The van der Waals surface area contributed by atoms with E-state index in [0.717, 1.165) is 5.56 Å². The largest absolute Gasteiger partial charge is 0.455 e. The second-order valence-electron chi connectivity index (χ2n) is 7.41. The molecule has 8 heteroatoms. The van der Waals surface area contributed by atoms with Gasteiger partial charge in [-0.2, -0.15) is 4.31 Å². The van der Waals surface area contributed by atoms with E-state index < -0.39 is 10.0 Å². The van der Waals surface area contributed by atoms with Gasteiger partial charge in [-0.1, -0.05) is 35.9 Å². The van der Waals surface area contributed by atoms with Gasteiger partial charge in [0.05, 0.1) is 23.8 Å². The van der Waals surface area contributed by atoms with Crippen molar-refractivity contribution in [3.05, 3.63) is 83.9 Å². The number of nitrogens with zero attached hydrogens (tertiary/aromatic N) is 1. The fourth-order valence-electron chi connectivity index (χ4n) is 3.39. The molecule has 0 bridgehead atoms. The van der Waals surface area contributed by atoms with Crippen LogP contribution in [0.3, 0.4) is 0 Å². The number of anilines is 1. The van der Waals surface area contributed by atoms with Gasteiger partial charge in [0.25, 0.3) is 5.91 Å². The van der Waals surface area contributed by atoms with Crippen LogP contribution in [0.4, 0.5) is 5.69 Å². The molecule has 0 aromatic heterocycles. The molecule has 1 aliphatic heterocycles. The second kappa shape index (κ2) is 9.52. The lowest BCUT2D eigenvalue weighted by Gasteiger charge is -2.26. The Kier molecular flexibility index (Phi) is 6.55. The Morgan fingerprint density at radius 2 is 1.72 bits per heavy atom. The summed E-state index contributed by atoms with van der Waals surface area (Å²) in [5.74, 6) is 0.563. The molecule has 32 heavy (non-hydrogen) atoms. The summed E-state index contributed by atoms with van der Waals surface area (Å²) in [5, 5.41) is 2.82. The first-order valence-electron chi connectivity index (χ1n) is 10.3. The van der Waals surface area contributed by atoms with Gasteiger partial charge < -0.3 is 14.8 Å². The van der Waals surface area contributed by atoms with Crippen molar-refractivity contribution in [2.24, 2.45) is 0 Å². The summed E-state index contributed by atoms with van der Waals surface area (Å²) in [6.07, 6.45) is 0. The van der Waals surface area contributed by atoms with Crippen molar-refractivity contribution < 1.29 is 22.7 Å². The number of morpholine rings is 1. The number of benzene rings is 3. The van der Waals surface area contributed by atoms with Crippen molar-refractivity contribution in [2.45, 2.75) is 11.8 Å². The lowest BCUT2D eigenvalue weighted by atomic mass is 10.1. The molecular weight excluding hydrogens is 428 g/mol. The first kappa shape index (κ1) is 22.0. The topological polar surface area (TPSA) is 84.9 Å². The zero-order valence-electron chi connectivity index (χ0n) is 17.7. The number of carbonyl (C=O) groups is 1. The summed E-state index contributed by atoms with van der Waals surface area (Å²) in [6, 6.07) is 20.8. The molecule has 1 heterocycles. The Morgan fingerprint density at radius 1 is 0.969 bits per heavy atom. The molecule has 0 atom stereocenters. The normalized spacial score (nSPS) is 14.7. The highest BCUT2D eigenvalue weighted by Gasteiger charge is 2.27. The zero-order chi connectivity index (χ0) is 22.6. The molecule has 3 aromatic carbocycles. The SMILES string of the molecule is Cc1cccc(C(=O)Nc2cc(S(=O)(=O)N3CCOCC3)ccc2Oc2ccccc2)c1. The maximum absolute atomic E-state index is 13.1. The fourth-order valence-corrected chi connectivity index (χ4v) is 4.82. The van der Waals surface area contributed by atoms with Crippen molar-refractivity contribution in [3.63, 3.8) is 0 Å². The summed E-state index contributed by atoms with van der Waals surface area (Å²) >= 11 is 0. The van der Waals surface area contributed by atoms with Crippen LogP contribution in [-0.4, -0.2) is 44.9 Å². The quantitative estimate of drug-likeness (QED) is 0.610. The van der Waals surface area contributed by atoms with Crippen LogP contribution in [0.15, 0.2) is 77.7 Å². The van der Waals surface area contributed by atoms with Crippen LogP contribution in [-0.2, 0) is 14.8 Å². The average Bonchev–Trinajstić information content (AvgIpc) is 2.81. The molecule has 0 unspecified atom stereocenters. The fraction of sp³-hybridized carbons (Fsp3) is 0.208. The predicted molar refractivity (Wildman–Crippen MR) is 122 cm³/mol. The first-order chi connectivity index (χ1) is 15.4.